The number of nitrogens with one attached hydrogen (secondary N) is 1. The number of ether oxygens (including phenoxy) is 1. The van der Waals surface area contributed by atoms with Gasteiger partial charge in [-0.25, -0.2) is 9.97 Å². The summed E-state index contributed by atoms with van der Waals surface area (Å²) in [5.74, 6) is 0.793. The van der Waals surface area contributed by atoms with Gasteiger partial charge < -0.3 is 10.1 Å². The highest BCUT2D eigenvalue weighted by molar-refractivity contribution is 9.11. The van der Waals surface area contributed by atoms with Crippen molar-refractivity contribution in [3.05, 3.63) is 45.4 Å². The second-order valence-corrected chi connectivity index (χ2v) is 5.28. The molecular formula is C12H11Br2N3O. The van der Waals surface area contributed by atoms with E-state index in [1.54, 1.807) is 19.5 Å². The van der Waals surface area contributed by atoms with Crippen LogP contribution in [-0.2, 0) is 6.54 Å². The molecule has 0 bridgehead atoms. The van der Waals surface area contributed by atoms with Crippen LogP contribution >= 0.6 is 31.9 Å². The molecule has 1 aromatic heterocycles. The van der Waals surface area contributed by atoms with Gasteiger partial charge in [-0.1, -0.05) is 0 Å². The van der Waals surface area contributed by atoms with E-state index in [4.69, 9.17) is 4.74 Å². The van der Waals surface area contributed by atoms with Gasteiger partial charge in [-0.3, -0.25) is 0 Å². The summed E-state index contributed by atoms with van der Waals surface area (Å²) >= 11 is 6.95. The Kier molecular flexibility index (Phi) is 4.54. The minimum absolute atomic E-state index is 0.689. The van der Waals surface area contributed by atoms with Gasteiger partial charge in [-0.05, 0) is 49.6 Å². The lowest BCUT2D eigenvalue weighted by molar-refractivity contribution is 0.409. The van der Waals surface area contributed by atoms with Gasteiger partial charge in [-0.2, -0.15) is 0 Å². The minimum Gasteiger partial charge on any atom is -0.494 e. The summed E-state index contributed by atoms with van der Waals surface area (Å²) in [4.78, 5) is 7.89. The summed E-state index contributed by atoms with van der Waals surface area (Å²) in [6.45, 7) is 0.689. The molecule has 0 saturated carbocycles. The second kappa shape index (κ2) is 6.15. The van der Waals surface area contributed by atoms with Gasteiger partial charge in [0.25, 0.3) is 0 Å². The summed E-state index contributed by atoms with van der Waals surface area (Å²) < 4.78 is 7.09. The maximum atomic E-state index is 5.26. The Balaban J connectivity index is 2.11. The van der Waals surface area contributed by atoms with Crippen LogP contribution in [0.25, 0.3) is 0 Å². The molecule has 4 nitrogen and oxygen atoms in total. The van der Waals surface area contributed by atoms with Crippen LogP contribution in [0.4, 0.5) is 5.69 Å². The number of methoxy groups -OCH3 is 1. The molecule has 0 aliphatic rings. The van der Waals surface area contributed by atoms with Crippen molar-refractivity contribution in [2.45, 2.75) is 6.54 Å². The van der Waals surface area contributed by atoms with E-state index in [1.165, 1.54) is 6.33 Å². The van der Waals surface area contributed by atoms with Gasteiger partial charge in [-0.15, -0.1) is 0 Å². The smallest absolute Gasteiger partial charge is 0.147 e. The molecule has 18 heavy (non-hydrogen) atoms. The van der Waals surface area contributed by atoms with Crippen molar-refractivity contribution in [1.82, 2.24) is 9.97 Å². The molecular weight excluding hydrogens is 362 g/mol. The monoisotopic (exact) mass is 371 g/mol. The van der Waals surface area contributed by atoms with Gasteiger partial charge in [0.2, 0.25) is 0 Å². The highest BCUT2D eigenvalue weighted by Crippen LogP contribution is 2.34. The summed E-state index contributed by atoms with van der Waals surface area (Å²) in [6.07, 6.45) is 4.98. The van der Waals surface area contributed by atoms with Crippen molar-refractivity contribution in [3.63, 3.8) is 0 Å². The maximum absolute atomic E-state index is 5.26. The van der Waals surface area contributed by atoms with Crippen LogP contribution in [0, 0.1) is 0 Å². The van der Waals surface area contributed by atoms with E-state index in [2.05, 4.69) is 47.1 Å². The fraction of sp³-hybridized carbons (Fsp3) is 0.167. The lowest BCUT2D eigenvalue weighted by Gasteiger charge is -2.10. The molecule has 1 aromatic carbocycles. The van der Waals surface area contributed by atoms with E-state index in [0.717, 1.165) is 25.9 Å². The van der Waals surface area contributed by atoms with Crippen LogP contribution < -0.4 is 10.1 Å². The van der Waals surface area contributed by atoms with Crippen molar-refractivity contribution in [2.75, 3.05) is 12.4 Å². The van der Waals surface area contributed by atoms with E-state index >= 15 is 0 Å². The van der Waals surface area contributed by atoms with Crippen molar-refractivity contribution in [2.24, 2.45) is 0 Å². The third kappa shape index (κ3) is 3.20. The van der Waals surface area contributed by atoms with E-state index in [0.29, 0.717) is 6.54 Å². The van der Waals surface area contributed by atoms with Crippen molar-refractivity contribution in [3.8, 4) is 5.75 Å². The Hall–Kier alpha value is -1.14. The van der Waals surface area contributed by atoms with Gasteiger partial charge in [0.15, 0.2) is 0 Å². The van der Waals surface area contributed by atoms with Crippen LogP contribution in [0.3, 0.4) is 0 Å². The second-order valence-electron chi connectivity index (χ2n) is 3.57. The molecule has 0 saturated heterocycles. The average molecular weight is 373 g/mol. The van der Waals surface area contributed by atoms with Gasteiger partial charge in [0, 0.05) is 6.54 Å². The van der Waals surface area contributed by atoms with Crippen molar-refractivity contribution in [1.29, 1.82) is 0 Å². The Morgan fingerprint density at radius 1 is 1.17 bits per heavy atom. The standard InChI is InChI=1S/C12H11Br2N3O/c1-18-12-10(13)2-8(3-11(12)14)4-17-9-5-15-7-16-6-9/h2-3,5-7,17H,4H2,1H3. The molecule has 1 heterocycles. The molecule has 0 aliphatic carbocycles. The number of benzene rings is 1. The van der Waals surface area contributed by atoms with Crippen LogP contribution in [0.5, 0.6) is 5.75 Å². The number of anilines is 1. The Morgan fingerprint density at radius 3 is 2.33 bits per heavy atom. The predicted octanol–water partition coefficient (Wildman–Crippen LogP) is 3.62. The molecule has 0 fully saturated rings. The molecule has 6 heteroatoms. The molecule has 0 amide bonds. The topological polar surface area (TPSA) is 47.0 Å². The molecule has 0 atom stereocenters. The van der Waals surface area contributed by atoms with Gasteiger partial charge in [0.05, 0.1) is 34.1 Å². The molecule has 0 spiro atoms. The van der Waals surface area contributed by atoms with E-state index in [1.807, 2.05) is 12.1 Å². The maximum Gasteiger partial charge on any atom is 0.147 e. The molecule has 0 unspecified atom stereocenters. The molecule has 1 N–H and O–H groups in total. The van der Waals surface area contributed by atoms with Crippen LogP contribution in [0.15, 0.2) is 39.8 Å². The van der Waals surface area contributed by atoms with Crippen molar-refractivity contribution < 1.29 is 4.74 Å². The van der Waals surface area contributed by atoms with Crippen molar-refractivity contribution >= 4 is 37.5 Å². The predicted molar refractivity (Wildman–Crippen MR) is 77.8 cm³/mol. The molecule has 2 rings (SSSR count). The summed E-state index contributed by atoms with van der Waals surface area (Å²) in [5.41, 5.74) is 2.01. The lowest BCUT2D eigenvalue weighted by Crippen LogP contribution is -2.01. The minimum atomic E-state index is 0.689. The van der Waals surface area contributed by atoms with E-state index < -0.39 is 0 Å². The van der Waals surface area contributed by atoms with Gasteiger partial charge >= 0.3 is 0 Å². The summed E-state index contributed by atoms with van der Waals surface area (Å²) in [6, 6.07) is 4.03. The normalized spacial score (nSPS) is 10.2. The quantitative estimate of drug-likeness (QED) is 0.890. The molecule has 0 aliphatic heterocycles. The molecule has 2 aromatic rings. The first-order valence-corrected chi connectivity index (χ1v) is 6.80. The Morgan fingerprint density at radius 2 is 1.78 bits per heavy atom. The number of aromatic nitrogens is 2. The largest absolute Gasteiger partial charge is 0.494 e. The third-order valence-electron chi connectivity index (χ3n) is 2.32. The first kappa shape index (κ1) is 13.3. The summed E-state index contributed by atoms with van der Waals surface area (Å²) in [7, 11) is 1.64. The van der Waals surface area contributed by atoms with E-state index in [-0.39, 0.29) is 0 Å². The van der Waals surface area contributed by atoms with Crippen LogP contribution in [-0.4, -0.2) is 17.1 Å². The Bertz CT molecular complexity index is 511. The SMILES string of the molecule is COc1c(Br)cc(CNc2cncnc2)cc1Br. The molecule has 0 radical (unpaired) electrons. The number of rotatable bonds is 4. The summed E-state index contributed by atoms with van der Waals surface area (Å²) in [5, 5.41) is 3.25. The first-order chi connectivity index (χ1) is 8.70. The fourth-order valence-electron chi connectivity index (χ4n) is 1.50. The zero-order chi connectivity index (χ0) is 13.0. The number of hydrogen-bond donors (Lipinski definition) is 1. The number of halogens is 2. The van der Waals surface area contributed by atoms with Crippen LogP contribution in [0.1, 0.15) is 5.56 Å². The molecule has 94 valence electrons. The van der Waals surface area contributed by atoms with Gasteiger partial charge in [0.1, 0.15) is 12.1 Å². The first-order valence-electron chi connectivity index (χ1n) is 5.21. The highest BCUT2D eigenvalue weighted by atomic mass is 79.9. The third-order valence-corrected chi connectivity index (χ3v) is 3.50. The lowest BCUT2D eigenvalue weighted by atomic mass is 10.2. The fourth-order valence-corrected chi connectivity index (χ4v) is 3.11. The zero-order valence-electron chi connectivity index (χ0n) is 9.65. The number of hydrogen-bond acceptors (Lipinski definition) is 4. The Labute approximate surface area is 122 Å². The average Bonchev–Trinajstić information content (AvgIpc) is 2.37. The van der Waals surface area contributed by atoms with Crippen LogP contribution in [0.2, 0.25) is 0 Å². The zero-order valence-corrected chi connectivity index (χ0v) is 12.8. The van der Waals surface area contributed by atoms with E-state index in [9.17, 15) is 0 Å². The highest BCUT2D eigenvalue weighted by Gasteiger charge is 2.07. The number of nitrogens with zero attached hydrogens (tertiary/aromatic N) is 2.